The minimum atomic E-state index is -2.79. The lowest BCUT2D eigenvalue weighted by Gasteiger charge is -2.19. The molecule has 0 fully saturated rings. The van der Waals surface area contributed by atoms with Gasteiger partial charge in [-0.1, -0.05) is 43.3 Å². The van der Waals surface area contributed by atoms with Gasteiger partial charge in [0.1, 0.15) is 5.75 Å². The summed E-state index contributed by atoms with van der Waals surface area (Å²) in [7, 11) is -2.79. The second kappa shape index (κ2) is 5.88. The highest BCUT2D eigenvalue weighted by atomic mass is 31.2. The smallest absolute Gasteiger partial charge is 0.277 e. The zero-order valence-electron chi connectivity index (χ0n) is 10.5. The fourth-order valence-corrected chi connectivity index (χ4v) is 3.96. The first kappa shape index (κ1) is 12.9. The topological polar surface area (TPSA) is 26.3 Å². The van der Waals surface area contributed by atoms with Crippen molar-refractivity contribution in [3.63, 3.8) is 0 Å². The average molecular weight is 260 g/mol. The Morgan fingerprint density at radius 3 is 2.06 bits per heavy atom. The molecule has 0 saturated carbocycles. The van der Waals surface area contributed by atoms with Crippen molar-refractivity contribution in [2.24, 2.45) is 0 Å². The van der Waals surface area contributed by atoms with Gasteiger partial charge in [-0.3, -0.25) is 4.57 Å². The highest BCUT2D eigenvalue weighted by molar-refractivity contribution is 7.67. The van der Waals surface area contributed by atoms with E-state index in [0.717, 1.165) is 11.7 Å². The summed E-state index contributed by atoms with van der Waals surface area (Å²) in [5.74, 6) is 0.665. The molecule has 2 aromatic carbocycles. The van der Waals surface area contributed by atoms with Crippen molar-refractivity contribution in [2.45, 2.75) is 13.3 Å². The van der Waals surface area contributed by atoms with E-state index in [1.165, 1.54) is 0 Å². The quantitative estimate of drug-likeness (QED) is 0.757. The Kier molecular flexibility index (Phi) is 4.22. The van der Waals surface area contributed by atoms with E-state index in [1.807, 2.05) is 67.6 Å². The van der Waals surface area contributed by atoms with Crippen molar-refractivity contribution in [1.29, 1.82) is 0 Å². The van der Waals surface area contributed by atoms with E-state index in [-0.39, 0.29) is 0 Å². The largest absolute Gasteiger partial charge is 0.440 e. The van der Waals surface area contributed by atoms with Crippen LogP contribution in [0.2, 0.25) is 0 Å². The Labute approximate surface area is 108 Å². The molecule has 2 rings (SSSR count). The normalized spacial score (nSPS) is 13.8. The lowest BCUT2D eigenvalue weighted by molar-refractivity contribution is 0.491. The van der Waals surface area contributed by atoms with Gasteiger partial charge in [0.25, 0.3) is 7.37 Å². The monoisotopic (exact) mass is 260 g/mol. The fraction of sp³-hybridized carbons (Fsp3) is 0.200. The minimum absolute atomic E-state index is 0.561. The molecular weight excluding hydrogens is 243 g/mol. The van der Waals surface area contributed by atoms with Gasteiger partial charge in [0, 0.05) is 11.5 Å². The Morgan fingerprint density at radius 2 is 1.50 bits per heavy atom. The maximum Gasteiger partial charge on any atom is 0.277 e. The number of hydrogen-bond acceptors (Lipinski definition) is 2. The van der Waals surface area contributed by atoms with Crippen LogP contribution in [0.15, 0.2) is 60.7 Å². The van der Waals surface area contributed by atoms with Gasteiger partial charge >= 0.3 is 0 Å². The first-order chi connectivity index (χ1) is 8.74. The highest BCUT2D eigenvalue weighted by Crippen LogP contribution is 2.46. The lowest BCUT2D eigenvalue weighted by atomic mass is 10.3. The Balaban J connectivity index is 2.31. The van der Waals surface area contributed by atoms with Crippen molar-refractivity contribution < 1.29 is 9.09 Å². The third-order valence-electron chi connectivity index (χ3n) is 2.66. The van der Waals surface area contributed by atoms with Crippen LogP contribution in [0.4, 0.5) is 0 Å². The minimum Gasteiger partial charge on any atom is -0.440 e. The molecule has 3 heteroatoms. The van der Waals surface area contributed by atoms with Crippen LogP contribution in [0.3, 0.4) is 0 Å². The standard InChI is InChI=1S/C15H17O2P/c1-2-13-18(16,15-11-7-4-8-12-15)17-14-9-5-3-6-10-14/h3-12H,2,13H2,1H3. The maximum absolute atomic E-state index is 13.0. The van der Waals surface area contributed by atoms with E-state index in [4.69, 9.17) is 4.52 Å². The molecule has 0 aliphatic rings. The van der Waals surface area contributed by atoms with Crippen molar-refractivity contribution in [1.82, 2.24) is 0 Å². The fourth-order valence-electron chi connectivity index (χ4n) is 1.83. The van der Waals surface area contributed by atoms with E-state index >= 15 is 0 Å². The molecule has 0 spiro atoms. The first-order valence-electron chi connectivity index (χ1n) is 6.14. The van der Waals surface area contributed by atoms with Gasteiger partial charge in [-0.25, -0.2) is 0 Å². The third kappa shape index (κ3) is 3.02. The number of rotatable bonds is 5. The molecule has 0 bridgehead atoms. The summed E-state index contributed by atoms with van der Waals surface area (Å²) in [6, 6.07) is 18.8. The second-order valence-electron chi connectivity index (χ2n) is 4.14. The zero-order valence-corrected chi connectivity index (χ0v) is 11.3. The van der Waals surface area contributed by atoms with Crippen LogP contribution >= 0.6 is 7.37 Å². The Morgan fingerprint density at radius 1 is 0.944 bits per heavy atom. The van der Waals surface area contributed by atoms with Gasteiger partial charge in [0.2, 0.25) is 0 Å². The maximum atomic E-state index is 13.0. The van der Waals surface area contributed by atoms with Gasteiger partial charge in [-0.15, -0.1) is 0 Å². The van der Waals surface area contributed by atoms with Crippen LogP contribution in [0, 0.1) is 0 Å². The SMILES string of the molecule is CCCP(=O)(Oc1ccccc1)c1ccccc1. The summed E-state index contributed by atoms with van der Waals surface area (Å²) in [5, 5.41) is 0.788. The van der Waals surface area contributed by atoms with E-state index in [0.29, 0.717) is 11.9 Å². The number of benzene rings is 2. The Bertz CT molecular complexity index is 523. The van der Waals surface area contributed by atoms with Crippen molar-refractivity contribution in [3.05, 3.63) is 60.7 Å². The molecule has 0 N–H and O–H groups in total. The molecular formula is C15H17O2P. The van der Waals surface area contributed by atoms with Gasteiger partial charge in [-0.05, 0) is 30.7 Å². The van der Waals surface area contributed by atoms with Gasteiger partial charge in [-0.2, -0.15) is 0 Å². The number of hydrogen-bond donors (Lipinski definition) is 0. The molecule has 0 aliphatic carbocycles. The Hall–Kier alpha value is -1.53. The molecule has 0 heterocycles. The molecule has 1 unspecified atom stereocenters. The van der Waals surface area contributed by atoms with Crippen molar-refractivity contribution >= 4 is 12.7 Å². The molecule has 0 aromatic heterocycles. The summed E-state index contributed by atoms with van der Waals surface area (Å²) in [5.41, 5.74) is 0. The van der Waals surface area contributed by atoms with Gasteiger partial charge in [0.05, 0.1) is 0 Å². The molecule has 2 aromatic rings. The molecule has 18 heavy (non-hydrogen) atoms. The van der Waals surface area contributed by atoms with Gasteiger partial charge < -0.3 is 4.52 Å². The van der Waals surface area contributed by atoms with Gasteiger partial charge in [0.15, 0.2) is 0 Å². The summed E-state index contributed by atoms with van der Waals surface area (Å²) in [6.45, 7) is 2.02. The van der Waals surface area contributed by atoms with E-state index < -0.39 is 7.37 Å². The predicted molar refractivity (Wildman–Crippen MR) is 75.9 cm³/mol. The molecule has 94 valence electrons. The summed E-state index contributed by atoms with van der Waals surface area (Å²) < 4.78 is 18.7. The molecule has 0 saturated heterocycles. The van der Waals surface area contributed by atoms with Crippen LogP contribution in [0.25, 0.3) is 0 Å². The molecule has 0 amide bonds. The summed E-state index contributed by atoms with van der Waals surface area (Å²) in [4.78, 5) is 0. The second-order valence-corrected chi connectivity index (χ2v) is 6.63. The highest BCUT2D eigenvalue weighted by Gasteiger charge is 2.25. The lowest BCUT2D eigenvalue weighted by Crippen LogP contribution is -2.12. The van der Waals surface area contributed by atoms with Crippen LogP contribution < -0.4 is 9.83 Å². The van der Waals surface area contributed by atoms with E-state index in [9.17, 15) is 4.57 Å². The molecule has 1 atom stereocenters. The average Bonchev–Trinajstić information content (AvgIpc) is 2.41. The third-order valence-corrected chi connectivity index (χ3v) is 5.29. The number of para-hydroxylation sites is 1. The van der Waals surface area contributed by atoms with E-state index in [1.54, 1.807) is 0 Å². The molecule has 0 radical (unpaired) electrons. The summed E-state index contributed by atoms with van der Waals surface area (Å²) >= 11 is 0. The van der Waals surface area contributed by atoms with Crippen LogP contribution in [0.1, 0.15) is 13.3 Å². The van der Waals surface area contributed by atoms with Crippen LogP contribution in [-0.2, 0) is 4.57 Å². The van der Waals surface area contributed by atoms with E-state index in [2.05, 4.69) is 0 Å². The van der Waals surface area contributed by atoms with Crippen LogP contribution in [-0.4, -0.2) is 6.16 Å². The summed E-state index contributed by atoms with van der Waals surface area (Å²) in [6.07, 6.45) is 1.39. The van der Waals surface area contributed by atoms with Crippen molar-refractivity contribution in [3.8, 4) is 5.75 Å². The first-order valence-corrected chi connectivity index (χ1v) is 7.95. The molecule has 2 nitrogen and oxygen atoms in total. The molecule has 0 aliphatic heterocycles. The predicted octanol–water partition coefficient (Wildman–Crippen LogP) is 4.08. The zero-order chi connectivity index (χ0) is 12.8. The van der Waals surface area contributed by atoms with Crippen LogP contribution in [0.5, 0.6) is 5.75 Å². The van der Waals surface area contributed by atoms with Crippen molar-refractivity contribution in [2.75, 3.05) is 6.16 Å².